The molecule has 0 bridgehead atoms. The van der Waals surface area contributed by atoms with E-state index in [2.05, 4.69) is 4.98 Å². The number of benzene rings is 1. The maximum absolute atomic E-state index is 12.2. The van der Waals surface area contributed by atoms with Gasteiger partial charge in [0.05, 0.1) is 23.1 Å². The van der Waals surface area contributed by atoms with Crippen LogP contribution < -0.4 is 4.74 Å². The molecule has 1 saturated heterocycles. The lowest BCUT2D eigenvalue weighted by molar-refractivity contribution is -0.156. The van der Waals surface area contributed by atoms with Gasteiger partial charge in [-0.05, 0) is 6.92 Å². The second-order valence-electron chi connectivity index (χ2n) is 6.21. The van der Waals surface area contributed by atoms with Gasteiger partial charge in [-0.25, -0.2) is 4.79 Å². The van der Waals surface area contributed by atoms with E-state index in [0.29, 0.717) is 10.7 Å². The van der Waals surface area contributed by atoms with Crippen molar-refractivity contribution in [3.05, 3.63) is 47.3 Å². The number of rotatable bonds is 5. The lowest BCUT2D eigenvalue weighted by Gasteiger charge is -2.43. The Hall–Kier alpha value is -2.58. The zero-order valence-electron chi connectivity index (χ0n) is 13.8. The average Bonchev–Trinajstić information content (AvgIpc) is 2.94. The standard InChI is InChI=1S/C18H16N2O5S/c1-9(21)14-16(22)20-15(18(23)24)13(26-17(14)20)8-25-12-7-19-6-10-4-2-3-5-11(10)12/h2-7,9,14,17,21H,8H2,1H3,(H,23,24)/t9-,14+,17-/m1/s1. The predicted octanol–water partition coefficient (Wildman–Crippen LogP) is 1.82. The Bertz CT molecular complexity index is 937. The summed E-state index contributed by atoms with van der Waals surface area (Å²) in [5, 5.41) is 20.7. The molecule has 1 aromatic heterocycles. The first-order valence-corrected chi connectivity index (χ1v) is 8.97. The Morgan fingerprint density at radius 3 is 2.88 bits per heavy atom. The Balaban J connectivity index is 1.60. The van der Waals surface area contributed by atoms with Gasteiger partial charge < -0.3 is 14.9 Å². The molecule has 1 aromatic carbocycles. The first-order valence-electron chi connectivity index (χ1n) is 8.09. The van der Waals surface area contributed by atoms with Crippen molar-refractivity contribution in [2.75, 3.05) is 6.61 Å². The van der Waals surface area contributed by atoms with Gasteiger partial charge in [0.25, 0.3) is 0 Å². The van der Waals surface area contributed by atoms with E-state index in [0.717, 1.165) is 10.8 Å². The van der Waals surface area contributed by atoms with E-state index >= 15 is 0 Å². The van der Waals surface area contributed by atoms with E-state index in [4.69, 9.17) is 4.74 Å². The highest BCUT2D eigenvalue weighted by atomic mass is 32.2. The molecule has 3 atom stereocenters. The predicted molar refractivity (Wildman–Crippen MR) is 95.3 cm³/mol. The van der Waals surface area contributed by atoms with Gasteiger partial charge in [0.2, 0.25) is 5.91 Å². The van der Waals surface area contributed by atoms with E-state index in [9.17, 15) is 19.8 Å². The SMILES string of the molecule is C[C@@H](O)[C@H]1C(=O)N2C(C(=O)O)=C(COc3cncc4ccccc34)S[C@H]12. The van der Waals surface area contributed by atoms with Crippen LogP contribution in [0.4, 0.5) is 0 Å². The third-order valence-electron chi connectivity index (χ3n) is 4.57. The number of β-lactam (4-membered cyclic amide) rings is 1. The molecule has 26 heavy (non-hydrogen) atoms. The fraction of sp³-hybridized carbons (Fsp3) is 0.278. The zero-order valence-corrected chi connectivity index (χ0v) is 14.6. The summed E-state index contributed by atoms with van der Waals surface area (Å²) < 4.78 is 5.83. The van der Waals surface area contributed by atoms with Gasteiger partial charge in [-0.2, -0.15) is 0 Å². The number of aromatic nitrogens is 1. The third-order valence-corrected chi connectivity index (χ3v) is 5.91. The Morgan fingerprint density at radius 1 is 1.38 bits per heavy atom. The highest BCUT2D eigenvalue weighted by Gasteiger charge is 2.57. The number of pyridine rings is 1. The third kappa shape index (κ3) is 2.53. The second kappa shape index (κ2) is 6.30. The van der Waals surface area contributed by atoms with Crippen LogP contribution in [-0.4, -0.2) is 50.1 Å². The Morgan fingerprint density at radius 2 is 2.15 bits per heavy atom. The minimum Gasteiger partial charge on any atom is -0.486 e. The summed E-state index contributed by atoms with van der Waals surface area (Å²) in [6, 6.07) is 7.61. The van der Waals surface area contributed by atoms with Crippen molar-refractivity contribution < 1.29 is 24.5 Å². The van der Waals surface area contributed by atoms with E-state index < -0.39 is 23.4 Å². The molecule has 4 rings (SSSR count). The Kier molecular flexibility index (Phi) is 4.08. The quantitative estimate of drug-likeness (QED) is 0.772. The molecule has 3 heterocycles. The van der Waals surface area contributed by atoms with Crippen LogP contribution >= 0.6 is 11.8 Å². The maximum Gasteiger partial charge on any atom is 0.353 e. The smallest absolute Gasteiger partial charge is 0.353 e. The van der Waals surface area contributed by atoms with Crippen molar-refractivity contribution >= 4 is 34.4 Å². The van der Waals surface area contributed by atoms with E-state index in [1.54, 1.807) is 12.4 Å². The van der Waals surface area contributed by atoms with Crippen LogP contribution in [0.1, 0.15) is 6.92 Å². The van der Waals surface area contributed by atoms with Crippen LogP contribution in [0, 0.1) is 5.92 Å². The molecule has 0 spiro atoms. The van der Waals surface area contributed by atoms with E-state index in [1.165, 1.54) is 23.6 Å². The topological polar surface area (TPSA) is 100.0 Å². The molecule has 0 aliphatic carbocycles. The van der Waals surface area contributed by atoms with Crippen molar-refractivity contribution in [3.63, 3.8) is 0 Å². The number of fused-ring (bicyclic) bond motifs is 2. The molecule has 134 valence electrons. The number of hydrogen-bond acceptors (Lipinski definition) is 6. The summed E-state index contributed by atoms with van der Waals surface area (Å²) in [6.45, 7) is 1.56. The molecule has 0 saturated carbocycles. The van der Waals surface area contributed by atoms with Crippen LogP contribution in [0.2, 0.25) is 0 Å². The van der Waals surface area contributed by atoms with Crippen LogP contribution in [0.25, 0.3) is 10.8 Å². The summed E-state index contributed by atoms with van der Waals surface area (Å²) in [6.07, 6.45) is 2.49. The zero-order chi connectivity index (χ0) is 18.4. The minimum absolute atomic E-state index is 0.0226. The van der Waals surface area contributed by atoms with Gasteiger partial charge >= 0.3 is 5.97 Å². The normalized spacial score (nSPS) is 23.0. The summed E-state index contributed by atoms with van der Waals surface area (Å²) in [5.41, 5.74) is -0.0601. The lowest BCUT2D eigenvalue weighted by Crippen LogP contribution is -2.60. The van der Waals surface area contributed by atoms with Crippen LogP contribution in [0.15, 0.2) is 47.3 Å². The summed E-state index contributed by atoms with van der Waals surface area (Å²) >= 11 is 1.26. The van der Waals surface area contributed by atoms with Gasteiger partial charge in [-0.1, -0.05) is 36.0 Å². The highest BCUT2D eigenvalue weighted by Crippen LogP contribution is 2.50. The molecule has 7 nitrogen and oxygen atoms in total. The number of carbonyl (C=O) groups is 2. The first kappa shape index (κ1) is 16.9. The molecule has 0 radical (unpaired) electrons. The molecule has 2 aliphatic rings. The molecular formula is C18H16N2O5S. The van der Waals surface area contributed by atoms with Gasteiger partial charge in [0.15, 0.2) is 0 Å². The summed E-state index contributed by atoms with van der Waals surface area (Å²) in [7, 11) is 0. The van der Waals surface area contributed by atoms with Gasteiger partial charge in [0, 0.05) is 17.0 Å². The van der Waals surface area contributed by atoms with Gasteiger partial charge in [-0.3, -0.25) is 14.7 Å². The van der Waals surface area contributed by atoms with E-state index in [1.807, 2.05) is 24.3 Å². The number of carboxylic acid groups (broad SMARTS) is 1. The molecular weight excluding hydrogens is 356 g/mol. The fourth-order valence-corrected chi connectivity index (χ4v) is 4.82. The van der Waals surface area contributed by atoms with E-state index in [-0.39, 0.29) is 18.2 Å². The molecule has 2 aliphatic heterocycles. The van der Waals surface area contributed by atoms with Gasteiger partial charge in [-0.15, -0.1) is 0 Å². The second-order valence-corrected chi connectivity index (χ2v) is 7.42. The summed E-state index contributed by atoms with van der Waals surface area (Å²) in [5.74, 6) is -1.58. The van der Waals surface area contributed by atoms with Crippen molar-refractivity contribution in [2.45, 2.75) is 18.4 Å². The Labute approximate surface area is 153 Å². The number of aliphatic hydroxyl groups excluding tert-OH is 1. The number of nitrogens with zero attached hydrogens (tertiary/aromatic N) is 2. The van der Waals surface area contributed by atoms with Crippen LogP contribution in [0.5, 0.6) is 5.75 Å². The first-order chi connectivity index (χ1) is 12.5. The number of aliphatic hydroxyl groups is 1. The lowest BCUT2D eigenvalue weighted by atomic mass is 9.92. The van der Waals surface area contributed by atoms with Crippen molar-refractivity contribution in [3.8, 4) is 5.75 Å². The number of amides is 1. The molecule has 8 heteroatoms. The maximum atomic E-state index is 12.2. The van der Waals surface area contributed by atoms with Crippen molar-refractivity contribution in [1.29, 1.82) is 0 Å². The number of aliphatic carboxylic acids is 1. The number of thioether (sulfide) groups is 1. The number of carboxylic acids is 1. The van der Waals surface area contributed by atoms with Gasteiger partial charge in [0.1, 0.15) is 23.4 Å². The molecule has 1 fully saturated rings. The monoisotopic (exact) mass is 372 g/mol. The largest absolute Gasteiger partial charge is 0.486 e. The molecule has 1 amide bonds. The fourth-order valence-electron chi connectivity index (χ4n) is 3.30. The molecule has 2 N–H and O–H groups in total. The summed E-state index contributed by atoms with van der Waals surface area (Å²) in [4.78, 5) is 29.7. The molecule has 2 aromatic rings. The van der Waals surface area contributed by atoms with Crippen LogP contribution in [-0.2, 0) is 9.59 Å². The van der Waals surface area contributed by atoms with Crippen molar-refractivity contribution in [2.24, 2.45) is 5.92 Å². The average molecular weight is 372 g/mol. The number of carbonyl (C=O) groups excluding carboxylic acids is 1. The molecule has 0 unspecified atom stereocenters. The highest BCUT2D eigenvalue weighted by molar-refractivity contribution is 8.04. The van der Waals surface area contributed by atoms with Crippen LogP contribution in [0.3, 0.4) is 0 Å². The number of hydrogen-bond donors (Lipinski definition) is 2. The number of ether oxygens (including phenoxy) is 1. The minimum atomic E-state index is -1.17. The van der Waals surface area contributed by atoms with Crippen molar-refractivity contribution in [1.82, 2.24) is 9.88 Å².